The van der Waals surface area contributed by atoms with E-state index in [2.05, 4.69) is 5.32 Å². The van der Waals surface area contributed by atoms with Crippen LogP contribution in [0, 0.1) is 0 Å². The molecule has 1 N–H and O–H groups in total. The third-order valence-corrected chi connectivity index (χ3v) is 4.35. The predicted molar refractivity (Wildman–Crippen MR) is 112 cm³/mol. The topological polar surface area (TPSA) is 64.6 Å². The van der Waals surface area contributed by atoms with Crippen LogP contribution in [-0.4, -0.2) is 18.5 Å². The average Bonchev–Trinajstić information content (AvgIpc) is 2.77. The maximum Gasteiger partial charge on any atom is 0.338 e. The molecule has 0 spiro atoms. The van der Waals surface area contributed by atoms with Crippen molar-refractivity contribution in [2.45, 2.75) is 20.0 Å². The molecular weight excluding hydrogens is 366 g/mol. The van der Waals surface area contributed by atoms with Gasteiger partial charge in [0.1, 0.15) is 12.4 Å². The molecule has 0 aliphatic rings. The molecule has 1 amide bonds. The zero-order valence-corrected chi connectivity index (χ0v) is 16.3. The summed E-state index contributed by atoms with van der Waals surface area (Å²) < 4.78 is 10.8. The Morgan fingerprint density at radius 3 is 2.28 bits per heavy atom. The maximum atomic E-state index is 12.2. The maximum absolute atomic E-state index is 12.2. The summed E-state index contributed by atoms with van der Waals surface area (Å²) in [5.74, 6) is -0.278. The van der Waals surface area contributed by atoms with Crippen molar-refractivity contribution >= 4 is 17.6 Å². The molecule has 0 fully saturated rings. The van der Waals surface area contributed by atoms with Crippen molar-refractivity contribution in [1.82, 2.24) is 0 Å². The van der Waals surface area contributed by atoms with Crippen LogP contribution >= 0.6 is 0 Å². The second-order valence-corrected chi connectivity index (χ2v) is 6.43. The van der Waals surface area contributed by atoms with E-state index in [-0.39, 0.29) is 12.5 Å². The van der Waals surface area contributed by atoms with E-state index in [0.29, 0.717) is 17.9 Å². The Labute approximate surface area is 170 Å². The Hall–Kier alpha value is -3.60. The number of carbonyl (C=O) groups excluding carboxylic acids is 2. The zero-order valence-electron chi connectivity index (χ0n) is 16.3. The van der Waals surface area contributed by atoms with Gasteiger partial charge >= 0.3 is 5.97 Å². The lowest BCUT2D eigenvalue weighted by atomic mass is 10.1. The van der Waals surface area contributed by atoms with E-state index in [1.54, 1.807) is 24.3 Å². The molecule has 5 heteroatoms. The van der Waals surface area contributed by atoms with Gasteiger partial charge in [-0.3, -0.25) is 4.79 Å². The normalized spacial score (nSPS) is 10.2. The number of esters is 1. The van der Waals surface area contributed by atoms with E-state index in [9.17, 15) is 9.59 Å². The Morgan fingerprint density at radius 1 is 0.862 bits per heavy atom. The van der Waals surface area contributed by atoms with E-state index in [1.165, 1.54) is 0 Å². The molecule has 0 atom stereocenters. The second kappa shape index (κ2) is 10.1. The molecule has 0 saturated carbocycles. The number of nitrogens with one attached hydrogen (secondary N) is 1. The first kappa shape index (κ1) is 20.1. The van der Waals surface area contributed by atoms with Gasteiger partial charge in [0.25, 0.3) is 5.91 Å². The van der Waals surface area contributed by atoms with Gasteiger partial charge in [0.05, 0.1) is 5.56 Å². The summed E-state index contributed by atoms with van der Waals surface area (Å²) in [6.07, 6.45) is 0.801. The number of amides is 1. The fourth-order valence-electron chi connectivity index (χ4n) is 2.78. The van der Waals surface area contributed by atoms with E-state index >= 15 is 0 Å². The lowest BCUT2D eigenvalue weighted by molar-refractivity contribution is -0.119. The summed E-state index contributed by atoms with van der Waals surface area (Å²) in [5, 5.41) is 2.77. The number of ether oxygens (including phenoxy) is 2. The highest BCUT2D eigenvalue weighted by atomic mass is 16.5. The largest absolute Gasteiger partial charge is 0.489 e. The molecule has 148 valence electrons. The number of benzene rings is 3. The molecule has 0 heterocycles. The molecule has 3 aromatic rings. The molecule has 0 bridgehead atoms. The van der Waals surface area contributed by atoms with Gasteiger partial charge in [-0.15, -0.1) is 0 Å². The Morgan fingerprint density at radius 2 is 1.55 bits per heavy atom. The molecule has 29 heavy (non-hydrogen) atoms. The first-order valence-corrected chi connectivity index (χ1v) is 9.47. The Kier molecular flexibility index (Phi) is 7.00. The Balaban J connectivity index is 1.48. The van der Waals surface area contributed by atoms with Crippen LogP contribution in [0.2, 0.25) is 0 Å². The van der Waals surface area contributed by atoms with Gasteiger partial charge in [-0.05, 0) is 47.9 Å². The molecule has 0 aliphatic carbocycles. The molecule has 3 rings (SSSR count). The number of aryl methyl sites for hydroxylation is 1. The summed E-state index contributed by atoms with van der Waals surface area (Å²) in [5.41, 5.74) is 3.18. The van der Waals surface area contributed by atoms with E-state index in [1.807, 2.05) is 61.5 Å². The van der Waals surface area contributed by atoms with Gasteiger partial charge in [0.2, 0.25) is 0 Å². The smallest absolute Gasteiger partial charge is 0.338 e. The first-order valence-electron chi connectivity index (χ1n) is 9.47. The summed E-state index contributed by atoms with van der Waals surface area (Å²) in [6, 6.07) is 24.0. The SMILES string of the molecule is CCc1ccccc1NC(=O)COC(=O)c1ccc(OCc2ccccc2)cc1. The van der Waals surface area contributed by atoms with Crippen molar-refractivity contribution in [3.05, 3.63) is 95.6 Å². The monoisotopic (exact) mass is 389 g/mol. The molecule has 0 aliphatic heterocycles. The standard InChI is InChI=1S/C24H23NO4/c1-2-19-10-6-7-11-22(19)25-23(26)17-29-24(27)20-12-14-21(15-13-20)28-16-18-8-4-3-5-9-18/h3-15H,2,16-17H2,1H3,(H,25,26). The zero-order chi connectivity index (χ0) is 20.5. The van der Waals surface area contributed by atoms with E-state index < -0.39 is 5.97 Å². The van der Waals surface area contributed by atoms with Crippen LogP contribution in [0.5, 0.6) is 5.75 Å². The lowest BCUT2D eigenvalue weighted by Crippen LogP contribution is -2.21. The predicted octanol–water partition coefficient (Wildman–Crippen LogP) is 4.62. The summed E-state index contributed by atoms with van der Waals surface area (Å²) in [6.45, 7) is 2.12. The fraction of sp³-hybridized carbons (Fsp3) is 0.167. The van der Waals surface area contributed by atoms with Crippen molar-refractivity contribution in [1.29, 1.82) is 0 Å². The van der Waals surface area contributed by atoms with Gasteiger partial charge < -0.3 is 14.8 Å². The van der Waals surface area contributed by atoms with Crippen molar-refractivity contribution in [2.24, 2.45) is 0 Å². The van der Waals surface area contributed by atoms with Gasteiger partial charge in [-0.1, -0.05) is 55.5 Å². The highest BCUT2D eigenvalue weighted by Gasteiger charge is 2.11. The van der Waals surface area contributed by atoms with E-state index in [0.717, 1.165) is 23.2 Å². The van der Waals surface area contributed by atoms with Crippen molar-refractivity contribution in [3.63, 3.8) is 0 Å². The second-order valence-electron chi connectivity index (χ2n) is 6.43. The number of hydrogen-bond acceptors (Lipinski definition) is 4. The van der Waals surface area contributed by atoms with Gasteiger partial charge in [0, 0.05) is 5.69 Å². The Bertz CT molecular complexity index is 952. The molecule has 0 unspecified atom stereocenters. The molecule has 5 nitrogen and oxygen atoms in total. The minimum Gasteiger partial charge on any atom is -0.489 e. The van der Waals surface area contributed by atoms with Crippen molar-refractivity contribution in [3.8, 4) is 5.75 Å². The van der Waals surface area contributed by atoms with Crippen LogP contribution in [0.3, 0.4) is 0 Å². The van der Waals surface area contributed by atoms with Crippen LogP contribution in [-0.2, 0) is 22.6 Å². The van der Waals surface area contributed by atoms with Crippen LogP contribution in [0.15, 0.2) is 78.9 Å². The molecular formula is C24H23NO4. The van der Waals surface area contributed by atoms with Gasteiger partial charge in [-0.2, -0.15) is 0 Å². The van der Waals surface area contributed by atoms with Crippen LogP contribution in [0.25, 0.3) is 0 Å². The van der Waals surface area contributed by atoms with E-state index in [4.69, 9.17) is 9.47 Å². The number of para-hydroxylation sites is 1. The van der Waals surface area contributed by atoms with Crippen LogP contribution in [0.4, 0.5) is 5.69 Å². The highest BCUT2D eigenvalue weighted by Crippen LogP contribution is 2.16. The number of carbonyl (C=O) groups is 2. The third-order valence-electron chi connectivity index (χ3n) is 4.35. The first-order chi connectivity index (χ1) is 14.2. The number of hydrogen-bond donors (Lipinski definition) is 1. The quantitative estimate of drug-likeness (QED) is 0.571. The summed E-state index contributed by atoms with van der Waals surface area (Å²) >= 11 is 0. The number of rotatable bonds is 8. The third kappa shape index (κ3) is 5.94. The fourth-order valence-corrected chi connectivity index (χ4v) is 2.78. The van der Waals surface area contributed by atoms with Gasteiger partial charge in [0.15, 0.2) is 6.61 Å². The van der Waals surface area contributed by atoms with Crippen LogP contribution in [0.1, 0.15) is 28.4 Å². The lowest BCUT2D eigenvalue weighted by Gasteiger charge is -2.10. The molecule has 3 aromatic carbocycles. The van der Waals surface area contributed by atoms with Crippen LogP contribution < -0.4 is 10.1 Å². The average molecular weight is 389 g/mol. The minimum atomic E-state index is -0.557. The minimum absolute atomic E-state index is 0.344. The molecule has 0 saturated heterocycles. The summed E-state index contributed by atoms with van der Waals surface area (Å²) in [4.78, 5) is 24.3. The van der Waals surface area contributed by atoms with Gasteiger partial charge in [-0.25, -0.2) is 4.79 Å². The highest BCUT2D eigenvalue weighted by molar-refractivity contribution is 5.95. The number of anilines is 1. The summed E-state index contributed by atoms with van der Waals surface area (Å²) in [7, 11) is 0. The van der Waals surface area contributed by atoms with Crippen molar-refractivity contribution < 1.29 is 19.1 Å². The van der Waals surface area contributed by atoms with Crippen molar-refractivity contribution in [2.75, 3.05) is 11.9 Å². The molecule has 0 aromatic heterocycles. The molecule has 0 radical (unpaired) electrons.